The molecule has 1 aliphatic carbocycles. The van der Waals surface area contributed by atoms with Crippen molar-refractivity contribution in [3.05, 3.63) is 56.7 Å². The van der Waals surface area contributed by atoms with Crippen LogP contribution in [-0.4, -0.2) is 21.4 Å². The normalized spacial score (nSPS) is 14.0. The maximum atomic E-state index is 12.5. The van der Waals surface area contributed by atoms with Gasteiger partial charge in [-0.1, -0.05) is 25.0 Å². The minimum atomic E-state index is -0.474. The van der Waals surface area contributed by atoms with E-state index in [0.717, 1.165) is 18.1 Å². The maximum absolute atomic E-state index is 12.5. The lowest BCUT2D eigenvalue weighted by molar-refractivity contribution is 0.393. The van der Waals surface area contributed by atoms with Crippen LogP contribution in [0.1, 0.15) is 24.8 Å². The predicted molar refractivity (Wildman–Crippen MR) is 86.1 cm³/mol. The standard InChI is InChI=1S/C17H20N2O4/c1-23-14-4-2-3-13(9-14)11-19-16(21)10-15(20)18(17(19)22)8-7-12-5-6-12/h2-4,9-10,12,21H,5-8,11H2,1H3. The minimum Gasteiger partial charge on any atom is -0.497 e. The molecular weight excluding hydrogens is 296 g/mol. The zero-order chi connectivity index (χ0) is 16.4. The average Bonchev–Trinajstić information content (AvgIpc) is 3.35. The molecule has 1 aromatic carbocycles. The van der Waals surface area contributed by atoms with Crippen molar-refractivity contribution in [3.63, 3.8) is 0 Å². The highest BCUT2D eigenvalue weighted by Gasteiger charge is 2.22. The first kappa shape index (κ1) is 15.4. The van der Waals surface area contributed by atoms with Crippen LogP contribution in [0.5, 0.6) is 11.6 Å². The zero-order valence-electron chi connectivity index (χ0n) is 13.1. The first-order chi connectivity index (χ1) is 11.1. The largest absolute Gasteiger partial charge is 0.497 e. The smallest absolute Gasteiger partial charge is 0.334 e. The third-order valence-electron chi connectivity index (χ3n) is 4.19. The molecule has 1 heterocycles. The third-order valence-corrected chi connectivity index (χ3v) is 4.19. The number of methoxy groups -OCH3 is 1. The van der Waals surface area contributed by atoms with Gasteiger partial charge in [0.25, 0.3) is 5.56 Å². The van der Waals surface area contributed by atoms with Gasteiger partial charge in [0.15, 0.2) is 0 Å². The lowest BCUT2D eigenvalue weighted by Gasteiger charge is -2.12. The van der Waals surface area contributed by atoms with Crippen molar-refractivity contribution in [2.75, 3.05) is 7.11 Å². The van der Waals surface area contributed by atoms with E-state index >= 15 is 0 Å². The molecule has 6 nitrogen and oxygen atoms in total. The molecule has 23 heavy (non-hydrogen) atoms. The van der Waals surface area contributed by atoms with E-state index in [1.54, 1.807) is 13.2 Å². The van der Waals surface area contributed by atoms with Crippen molar-refractivity contribution in [1.82, 2.24) is 9.13 Å². The van der Waals surface area contributed by atoms with Gasteiger partial charge in [-0.05, 0) is 30.0 Å². The van der Waals surface area contributed by atoms with E-state index in [1.807, 2.05) is 18.2 Å². The summed E-state index contributed by atoms with van der Waals surface area (Å²) in [5, 5.41) is 9.99. The van der Waals surface area contributed by atoms with E-state index < -0.39 is 11.2 Å². The fraction of sp³-hybridized carbons (Fsp3) is 0.412. The number of aromatic nitrogens is 2. The fourth-order valence-electron chi connectivity index (χ4n) is 2.63. The Kier molecular flexibility index (Phi) is 4.23. The molecule has 0 saturated heterocycles. The number of hydrogen-bond donors (Lipinski definition) is 1. The van der Waals surface area contributed by atoms with Crippen molar-refractivity contribution in [1.29, 1.82) is 0 Å². The van der Waals surface area contributed by atoms with Gasteiger partial charge in [-0.25, -0.2) is 4.79 Å². The van der Waals surface area contributed by atoms with Crippen molar-refractivity contribution in [3.8, 4) is 11.6 Å². The highest BCUT2D eigenvalue weighted by atomic mass is 16.5. The van der Waals surface area contributed by atoms with Gasteiger partial charge < -0.3 is 9.84 Å². The maximum Gasteiger partial charge on any atom is 0.334 e. The molecule has 1 aliphatic rings. The summed E-state index contributed by atoms with van der Waals surface area (Å²) in [6.07, 6.45) is 3.18. The molecule has 3 rings (SSSR count). The van der Waals surface area contributed by atoms with E-state index in [9.17, 15) is 14.7 Å². The van der Waals surface area contributed by atoms with Crippen LogP contribution in [0, 0.1) is 5.92 Å². The summed E-state index contributed by atoms with van der Waals surface area (Å²) in [6, 6.07) is 8.37. The quantitative estimate of drug-likeness (QED) is 0.878. The molecule has 1 aromatic heterocycles. The Balaban J connectivity index is 1.92. The number of nitrogens with zero attached hydrogens (tertiary/aromatic N) is 2. The van der Waals surface area contributed by atoms with Crippen molar-refractivity contribution in [2.45, 2.75) is 32.4 Å². The average molecular weight is 316 g/mol. The van der Waals surface area contributed by atoms with E-state index in [-0.39, 0.29) is 12.4 Å². The molecular formula is C17H20N2O4. The van der Waals surface area contributed by atoms with Gasteiger partial charge in [-0.2, -0.15) is 0 Å². The molecule has 0 amide bonds. The van der Waals surface area contributed by atoms with Crippen molar-refractivity contribution < 1.29 is 9.84 Å². The molecule has 0 bridgehead atoms. The Morgan fingerprint density at radius 3 is 2.70 bits per heavy atom. The summed E-state index contributed by atoms with van der Waals surface area (Å²) in [6.45, 7) is 0.590. The third kappa shape index (κ3) is 3.47. The molecule has 0 spiro atoms. The van der Waals surface area contributed by atoms with Crippen LogP contribution < -0.4 is 16.0 Å². The Morgan fingerprint density at radius 1 is 1.22 bits per heavy atom. The monoisotopic (exact) mass is 316 g/mol. The van der Waals surface area contributed by atoms with E-state index in [4.69, 9.17) is 4.74 Å². The second-order valence-corrected chi connectivity index (χ2v) is 5.94. The zero-order valence-corrected chi connectivity index (χ0v) is 13.1. The minimum absolute atomic E-state index is 0.186. The fourth-order valence-corrected chi connectivity index (χ4v) is 2.63. The van der Waals surface area contributed by atoms with Crippen LogP contribution in [0.15, 0.2) is 39.9 Å². The van der Waals surface area contributed by atoms with Crippen LogP contribution >= 0.6 is 0 Å². The Hall–Kier alpha value is -2.50. The summed E-state index contributed by atoms with van der Waals surface area (Å²) in [5.41, 5.74) is -0.109. The molecule has 0 aliphatic heterocycles. The molecule has 1 fully saturated rings. The molecule has 0 atom stereocenters. The lowest BCUT2D eigenvalue weighted by Crippen LogP contribution is -2.39. The summed E-state index contributed by atoms with van der Waals surface area (Å²) >= 11 is 0. The van der Waals surface area contributed by atoms with Crippen LogP contribution in [0.25, 0.3) is 0 Å². The predicted octanol–water partition coefficient (Wildman–Crippen LogP) is 1.57. The number of ether oxygens (including phenoxy) is 1. The van der Waals surface area contributed by atoms with Gasteiger partial charge in [0.05, 0.1) is 19.7 Å². The molecule has 1 N–H and O–H groups in total. The van der Waals surface area contributed by atoms with E-state index in [0.29, 0.717) is 18.2 Å². The number of hydrogen-bond acceptors (Lipinski definition) is 4. The van der Waals surface area contributed by atoms with Crippen LogP contribution in [0.4, 0.5) is 0 Å². The van der Waals surface area contributed by atoms with Gasteiger partial charge in [0.1, 0.15) is 5.75 Å². The van der Waals surface area contributed by atoms with Gasteiger partial charge in [-0.3, -0.25) is 13.9 Å². The van der Waals surface area contributed by atoms with Gasteiger partial charge in [-0.15, -0.1) is 0 Å². The van der Waals surface area contributed by atoms with Crippen LogP contribution in [0.3, 0.4) is 0 Å². The molecule has 0 unspecified atom stereocenters. The lowest BCUT2D eigenvalue weighted by atomic mass is 10.2. The highest BCUT2D eigenvalue weighted by molar-refractivity contribution is 5.29. The number of benzene rings is 1. The summed E-state index contributed by atoms with van der Waals surface area (Å²) < 4.78 is 7.58. The molecule has 2 aromatic rings. The second-order valence-electron chi connectivity index (χ2n) is 5.94. The van der Waals surface area contributed by atoms with E-state index in [1.165, 1.54) is 22.0 Å². The Bertz CT molecular complexity index is 818. The Morgan fingerprint density at radius 2 is 2.00 bits per heavy atom. The molecule has 122 valence electrons. The van der Waals surface area contributed by atoms with E-state index in [2.05, 4.69) is 0 Å². The van der Waals surface area contributed by atoms with Gasteiger partial charge in [0.2, 0.25) is 5.88 Å². The summed E-state index contributed by atoms with van der Waals surface area (Å²) in [5.74, 6) is 0.990. The molecule has 0 radical (unpaired) electrons. The Labute approximate surface area is 133 Å². The molecule has 6 heteroatoms. The SMILES string of the molecule is COc1cccc(Cn2c(O)cc(=O)n(CCC3CC3)c2=O)c1. The van der Waals surface area contributed by atoms with Crippen molar-refractivity contribution in [2.24, 2.45) is 5.92 Å². The highest BCUT2D eigenvalue weighted by Crippen LogP contribution is 2.32. The number of aromatic hydroxyl groups is 1. The number of rotatable bonds is 6. The topological polar surface area (TPSA) is 73.5 Å². The summed E-state index contributed by atoms with van der Waals surface area (Å²) in [7, 11) is 1.57. The summed E-state index contributed by atoms with van der Waals surface area (Å²) in [4.78, 5) is 24.5. The van der Waals surface area contributed by atoms with Gasteiger partial charge in [0, 0.05) is 6.54 Å². The van der Waals surface area contributed by atoms with Crippen LogP contribution in [0.2, 0.25) is 0 Å². The molecule has 1 saturated carbocycles. The van der Waals surface area contributed by atoms with Crippen LogP contribution in [-0.2, 0) is 13.1 Å². The van der Waals surface area contributed by atoms with Crippen molar-refractivity contribution >= 4 is 0 Å². The first-order valence-corrected chi connectivity index (χ1v) is 7.75. The second kappa shape index (κ2) is 6.32. The van der Waals surface area contributed by atoms with Gasteiger partial charge >= 0.3 is 5.69 Å². The first-order valence-electron chi connectivity index (χ1n) is 7.75.